The number of Topliss-reactive ketones (excluding diaryl/α,β-unsaturated/α-hetero) is 1. The average molecular weight is 403 g/mol. The van der Waals surface area contributed by atoms with Gasteiger partial charge in [-0.25, -0.2) is 29.3 Å². The van der Waals surface area contributed by atoms with Gasteiger partial charge in [0.05, 0.1) is 35.2 Å². The van der Waals surface area contributed by atoms with Gasteiger partial charge in [-0.3, -0.25) is 4.79 Å². The van der Waals surface area contributed by atoms with Gasteiger partial charge in [-0.15, -0.1) is 0 Å². The van der Waals surface area contributed by atoms with Gasteiger partial charge >= 0.3 is 0 Å². The van der Waals surface area contributed by atoms with E-state index in [1.807, 2.05) is 7.05 Å². The molecule has 150 valence electrons. The third-order valence-electron chi connectivity index (χ3n) is 5.49. The lowest BCUT2D eigenvalue weighted by Gasteiger charge is -2.26. The molecular weight excluding hydrogens is 385 g/mol. The fourth-order valence-electron chi connectivity index (χ4n) is 4.15. The summed E-state index contributed by atoms with van der Waals surface area (Å²) in [6.45, 7) is 1.76. The lowest BCUT2D eigenvalue weighted by molar-refractivity contribution is 0.0962. The zero-order valence-electron chi connectivity index (χ0n) is 16.4. The first-order chi connectivity index (χ1) is 14.4. The van der Waals surface area contributed by atoms with E-state index in [2.05, 4.69) is 24.9 Å². The molecule has 0 bridgehead atoms. The van der Waals surface area contributed by atoms with Crippen molar-refractivity contribution in [3.63, 3.8) is 0 Å². The van der Waals surface area contributed by atoms with Crippen molar-refractivity contribution in [2.75, 3.05) is 5.73 Å². The van der Waals surface area contributed by atoms with Crippen LogP contribution in [-0.4, -0.2) is 35.3 Å². The van der Waals surface area contributed by atoms with Gasteiger partial charge in [0.15, 0.2) is 17.1 Å². The van der Waals surface area contributed by atoms with E-state index in [9.17, 15) is 9.18 Å². The molecule has 1 aliphatic carbocycles. The lowest BCUT2D eigenvalue weighted by Crippen LogP contribution is -2.23. The number of imidazole rings is 1. The molecule has 0 aliphatic heterocycles. The quantitative estimate of drug-likeness (QED) is 0.547. The minimum atomic E-state index is -0.384. The van der Waals surface area contributed by atoms with Crippen molar-refractivity contribution in [2.24, 2.45) is 7.05 Å². The molecular formula is C21H18FN7O. The Kier molecular flexibility index (Phi) is 4.05. The molecule has 0 saturated carbocycles. The second-order valence-electron chi connectivity index (χ2n) is 7.51. The molecule has 1 aromatic carbocycles. The van der Waals surface area contributed by atoms with Crippen LogP contribution in [0.3, 0.4) is 0 Å². The van der Waals surface area contributed by atoms with E-state index in [1.54, 1.807) is 30.1 Å². The molecule has 0 radical (unpaired) electrons. The van der Waals surface area contributed by atoms with Crippen molar-refractivity contribution in [1.82, 2.24) is 29.5 Å². The summed E-state index contributed by atoms with van der Waals surface area (Å²) in [5.74, 6) is -0.460. The molecule has 5 rings (SSSR count). The van der Waals surface area contributed by atoms with Crippen LogP contribution in [0.1, 0.15) is 39.6 Å². The molecule has 4 aromatic rings. The van der Waals surface area contributed by atoms with Crippen LogP contribution in [0, 0.1) is 12.7 Å². The van der Waals surface area contributed by atoms with E-state index in [0.717, 1.165) is 5.56 Å². The second-order valence-corrected chi connectivity index (χ2v) is 7.51. The number of benzene rings is 1. The van der Waals surface area contributed by atoms with Crippen LogP contribution in [0.15, 0.2) is 30.7 Å². The Hall–Kier alpha value is -3.75. The van der Waals surface area contributed by atoms with Crippen molar-refractivity contribution in [3.05, 3.63) is 59.1 Å². The molecule has 0 spiro atoms. The molecule has 1 aliphatic rings. The molecule has 9 heteroatoms. The highest BCUT2D eigenvalue weighted by molar-refractivity contribution is 6.00. The van der Waals surface area contributed by atoms with Crippen LogP contribution < -0.4 is 5.73 Å². The number of aryl methyl sites for hydroxylation is 2. The Balaban J connectivity index is 1.63. The minimum Gasteiger partial charge on any atom is -0.368 e. The molecule has 0 fully saturated rings. The Labute approximate surface area is 171 Å². The third kappa shape index (κ3) is 2.90. The van der Waals surface area contributed by atoms with E-state index < -0.39 is 0 Å². The summed E-state index contributed by atoms with van der Waals surface area (Å²) in [6, 6.07) is 4.54. The van der Waals surface area contributed by atoms with Crippen LogP contribution in [0.4, 0.5) is 10.3 Å². The number of carbonyl (C=O) groups is 1. The third-order valence-corrected chi connectivity index (χ3v) is 5.49. The highest BCUT2D eigenvalue weighted by Crippen LogP contribution is 2.38. The van der Waals surface area contributed by atoms with Crippen molar-refractivity contribution in [1.29, 1.82) is 0 Å². The van der Waals surface area contributed by atoms with Crippen molar-refractivity contribution >= 4 is 23.0 Å². The molecule has 1 atom stereocenters. The van der Waals surface area contributed by atoms with Crippen LogP contribution in [0.25, 0.3) is 22.6 Å². The largest absolute Gasteiger partial charge is 0.368 e. The predicted octanol–water partition coefficient (Wildman–Crippen LogP) is 2.76. The smallest absolute Gasteiger partial charge is 0.220 e. The standard InChI is InChI=1S/C21H18FN7O/c1-10-18-15(28-21(23)26-10)5-11(6-17(18)30)13-4-3-12(22)7-14(13)16-8-24-19-20(27-16)29(2)9-25-19/h3-4,7-9,11H,5-6H2,1-2H3,(H2,23,26,28)/t11-/m0/s1. The lowest BCUT2D eigenvalue weighted by atomic mass is 9.79. The molecule has 30 heavy (non-hydrogen) atoms. The Morgan fingerprint density at radius 2 is 2.00 bits per heavy atom. The number of ketones is 1. The first-order valence-corrected chi connectivity index (χ1v) is 9.51. The first-order valence-electron chi connectivity index (χ1n) is 9.51. The Morgan fingerprint density at radius 1 is 1.17 bits per heavy atom. The van der Waals surface area contributed by atoms with E-state index in [-0.39, 0.29) is 29.9 Å². The maximum absolute atomic E-state index is 14.2. The summed E-state index contributed by atoms with van der Waals surface area (Å²) in [5, 5.41) is 0. The summed E-state index contributed by atoms with van der Waals surface area (Å²) >= 11 is 0. The summed E-state index contributed by atoms with van der Waals surface area (Å²) in [6.07, 6.45) is 4.00. The van der Waals surface area contributed by atoms with Gasteiger partial charge in [0.1, 0.15) is 5.82 Å². The molecule has 0 saturated heterocycles. The number of nitrogen functional groups attached to an aromatic ring is 1. The van der Waals surface area contributed by atoms with Crippen molar-refractivity contribution in [2.45, 2.75) is 25.7 Å². The van der Waals surface area contributed by atoms with Crippen LogP contribution in [0.2, 0.25) is 0 Å². The molecule has 3 heterocycles. The number of halogens is 1. The number of hydrogen-bond acceptors (Lipinski definition) is 7. The summed E-state index contributed by atoms with van der Waals surface area (Å²) < 4.78 is 15.9. The zero-order valence-corrected chi connectivity index (χ0v) is 16.4. The highest BCUT2D eigenvalue weighted by Gasteiger charge is 2.31. The maximum atomic E-state index is 14.2. The van der Waals surface area contributed by atoms with E-state index in [1.165, 1.54) is 12.1 Å². The fraction of sp³-hybridized carbons (Fsp3) is 0.238. The number of hydrogen-bond donors (Lipinski definition) is 1. The minimum absolute atomic E-state index is 0.0396. The molecule has 2 N–H and O–H groups in total. The van der Waals surface area contributed by atoms with Gasteiger partial charge in [-0.05, 0) is 37.0 Å². The fourth-order valence-corrected chi connectivity index (χ4v) is 4.15. The SMILES string of the molecule is Cc1nc(N)nc2c1C(=O)C[C@@H](c1ccc(F)cc1-c1cnc3ncn(C)c3n1)C2. The van der Waals surface area contributed by atoms with Gasteiger partial charge in [0.25, 0.3) is 0 Å². The van der Waals surface area contributed by atoms with Gasteiger partial charge in [-0.1, -0.05) is 6.07 Å². The molecule has 8 nitrogen and oxygen atoms in total. The second kappa shape index (κ2) is 6.65. The summed E-state index contributed by atoms with van der Waals surface area (Å²) in [7, 11) is 1.82. The predicted molar refractivity (Wildman–Crippen MR) is 108 cm³/mol. The monoisotopic (exact) mass is 403 g/mol. The number of anilines is 1. The van der Waals surface area contributed by atoms with E-state index >= 15 is 0 Å². The number of nitrogens with zero attached hydrogens (tertiary/aromatic N) is 6. The summed E-state index contributed by atoms with van der Waals surface area (Å²) in [5.41, 5.74) is 10.6. The number of nitrogens with two attached hydrogens (primary N) is 1. The van der Waals surface area contributed by atoms with Crippen molar-refractivity contribution < 1.29 is 9.18 Å². The molecule has 3 aromatic heterocycles. The van der Waals surface area contributed by atoms with Gasteiger partial charge in [0.2, 0.25) is 5.95 Å². The van der Waals surface area contributed by atoms with Crippen LogP contribution in [0.5, 0.6) is 0 Å². The van der Waals surface area contributed by atoms with E-state index in [0.29, 0.717) is 45.9 Å². The Bertz CT molecular complexity index is 1330. The van der Waals surface area contributed by atoms with Crippen LogP contribution >= 0.6 is 0 Å². The van der Waals surface area contributed by atoms with Gasteiger partial charge in [-0.2, -0.15) is 0 Å². The zero-order chi connectivity index (χ0) is 21.0. The highest BCUT2D eigenvalue weighted by atomic mass is 19.1. The Morgan fingerprint density at radius 3 is 2.83 bits per heavy atom. The number of fused-ring (bicyclic) bond motifs is 2. The topological polar surface area (TPSA) is 112 Å². The van der Waals surface area contributed by atoms with Crippen molar-refractivity contribution in [3.8, 4) is 11.3 Å². The average Bonchev–Trinajstić information content (AvgIpc) is 3.07. The molecule has 0 amide bonds. The van der Waals surface area contributed by atoms with Crippen LogP contribution in [-0.2, 0) is 13.5 Å². The molecule has 0 unspecified atom stereocenters. The normalized spacial score (nSPS) is 16.1. The number of rotatable bonds is 2. The van der Waals surface area contributed by atoms with Gasteiger partial charge in [0, 0.05) is 19.0 Å². The number of carbonyl (C=O) groups excluding carboxylic acids is 1. The maximum Gasteiger partial charge on any atom is 0.220 e. The summed E-state index contributed by atoms with van der Waals surface area (Å²) in [4.78, 5) is 34.4. The van der Waals surface area contributed by atoms with Gasteiger partial charge < -0.3 is 10.3 Å². The number of aromatic nitrogens is 6. The van der Waals surface area contributed by atoms with E-state index in [4.69, 9.17) is 5.73 Å². The first kappa shape index (κ1) is 18.3.